The van der Waals surface area contributed by atoms with Crippen LogP contribution in [0.1, 0.15) is 90.4 Å². The van der Waals surface area contributed by atoms with E-state index in [0.29, 0.717) is 24.0 Å². The van der Waals surface area contributed by atoms with Gasteiger partial charge in [-0.05, 0) is 50.7 Å². The van der Waals surface area contributed by atoms with Crippen molar-refractivity contribution in [1.29, 1.82) is 0 Å². The fraction of sp³-hybridized carbons (Fsp3) is 0.909. The average molecular weight is 413 g/mol. The summed E-state index contributed by atoms with van der Waals surface area (Å²) in [5.74, 6) is 0.723. The Morgan fingerprint density at radius 3 is 2.43 bits per heavy atom. The van der Waals surface area contributed by atoms with Gasteiger partial charge in [-0.3, -0.25) is 9.69 Å². The number of aliphatic hydroxyl groups is 2. The lowest BCUT2D eigenvalue weighted by atomic mass is 9.80. The van der Waals surface area contributed by atoms with Crippen LogP contribution in [0.2, 0.25) is 0 Å². The molecule has 0 aromatic rings. The minimum Gasteiger partial charge on any atom is -0.396 e. The summed E-state index contributed by atoms with van der Waals surface area (Å²) in [6, 6.07) is -0.180. The summed E-state index contributed by atoms with van der Waals surface area (Å²) in [7, 11) is 1.76. The number of nitrogens with zero attached hydrogens (tertiary/aromatic N) is 2. The highest BCUT2D eigenvalue weighted by Gasteiger charge is 2.40. The Hall–Kier alpha value is -0.720. The van der Waals surface area contributed by atoms with E-state index in [1.807, 2.05) is 11.8 Å². The first kappa shape index (κ1) is 23.6. The first-order valence-electron chi connectivity index (χ1n) is 11.3. The third-order valence-corrected chi connectivity index (χ3v) is 7.01. The smallest absolute Gasteiger partial charge is 0.251 e. The highest BCUT2D eigenvalue weighted by atomic mass is 32.1. The van der Waals surface area contributed by atoms with Crippen molar-refractivity contribution in [3.63, 3.8) is 0 Å². The molecule has 2 fully saturated rings. The first-order valence-corrected chi connectivity index (χ1v) is 11.7. The molecule has 0 aromatic carbocycles. The molecule has 5 nitrogen and oxygen atoms in total. The molecule has 1 saturated heterocycles. The average Bonchev–Trinajstić information content (AvgIpc) is 2.87. The zero-order valence-corrected chi connectivity index (χ0v) is 18.7. The summed E-state index contributed by atoms with van der Waals surface area (Å²) in [5.41, 5.74) is -0.698. The van der Waals surface area contributed by atoms with E-state index < -0.39 is 5.60 Å². The molecule has 2 N–H and O–H groups in total. The summed E-state index contributed by atoms with van der Waals surface area (Å²) in [5, 5.41) is 20.4. The molecular weight excluding hydrogens is 372 g/mol. The number of hydrogen-bond acceptors (Lipinski definition) is 4. The number of likely N-dealkylation sites (N-methyl/N-ethyl adjacent to an activating group) is 1. The van der Waals surface area contributed by atoms with Crippen molar-refractivity contribution < 1.29 is 15.0 Å². The number of thiocarbonyl (C=S) groups is 1. The van der Waals surface area contributed by atoms with E-state index in [0.717, 1.165) is 44.9 Å². The Morgan fingerprint density at radius 1 is 1.11 bits per heavy atom. The van der Waals surface area contributed by atoms with E-state index in [4.69, 9.17) is 17.3 Å². The highest BCUT2D eigenvalue weighted by molar-refractivity contribution is 7.80. The molecule has 0 bridgehead atoms. The fourth-order valence-corrected chi connectivity index (χ4v) is 5.07. The summed E-state index contributed by atoms with van der Waals surface area (Å²) in [6.45, 7) is 2.85. The minimum atomic E-state index is -0.698. The second kappa shape index (κ2) is 11.5. The molecule has 162 valence electrons. The van der Waals surface area contributed by atoms with Gasteiger partial charge in [-0.15, -0.1) is 0 Å². The summed E-state index contributed by atoms with van der Waals surface area (Å²) < 4.78 is 0. The van der Waals surface area contributed by atoms with Gasteiger partial charge in [0.25, 0.3) is 5.91 Å². The van der Waals surface area contributed by atoms with Gasteiger partial charge in [-0.2, -0.15) is 0 Å². The maximum atomic E-state index is 12.6. The van der Waals surface area contributed by atoms with Crippen LogP contribution >= 0.6 is 12.2 Å². The number of hydrogen-bond donors (Lipinski definition) is 2. The van der Waals surface area contributed by atoms with Crippen LogP contribution in [0.4, 0.5) is 0 Å². The second-order valence-corrected chi connectivity index (χ2v) is 9.49. The zero-order chi connectivity index (χ0) is 20.6. The third-order valence-electron chi connectivity index (χ3n) is 6.50. The fourth-order valence-electron chi connectivity index (χ4n) is 4.76. The molecular formula is C22H40N2O3S. The van der Waals surface area contributed by atoms with Crippen LogP contribution in [-0.2, 0) is 4.79 Å². The minimum absolute atomic E-state index is 0.0901. The predicted molar refractivity (Wildman–Crippen MR) is 117 cm³/mol. The van der Waals surface area contributed by atoms with E-state index in [1.165, 1.54) is 32.1 Å². The van der Waals surface area contributed by atoms with Gasteiger partial charge in [0.15, 0.2) is 5.11 Å². The largest absolute Gasteiger partial charge is 0.396 e. The molecule has 1 heterocycles. The van der Waals surface area contributed by atoms with Crippen LogP contribution in [0.25, 0.3) is 0 Å². The van der Waals surface area contributed by atoms with Crippen molar-refractivity contribution >= 4 is 23.2 Å². The van der Waals surface area contributed by atoms with Gasteiger partial charge in [-0.1, -0.05) is 57.8 Å². The number of aliphatic hydroxyl groups excluding tert-OH is 1. The number of carbonyl (C=O) groups excluding carboxylic acids is 1. The summed E-state index contributed by atoms with van der Waals surface area (Å²) >= 11 is 5.52. The Labute approximate surface area is 176 Å². The van der Waals surface area contributed by atoms with Crippen molar-refractivity contribution in [1.82, 2.24) is 9.80 Å². The normalized spacial score (nSPS) is 23.5. The number of unbranched alkanes of at least 4 members (excludes halogenated alkanes) is 4. The molecule has 2 rings (SSSR count). The lowest BCUT2D eigenvalue weighted by Crippen LogP contribution is -2.40. The van der Waals surface area contributed by atoms with E-state index in [1.54, 1.807) is 11.9 Å². The maximum Gasteiger partial charge on any atom is 0.251 e. The summed E-state index contributed by atoms with van der Waals surface area (Å²) in [4.78, 5) is 16.3. The van der Waals surface area contributed by atoms with Gasteiger partial charge in [0.05, 0.1) is 5.60 Å². The van der Waals surface area contributed by atoms with Gasteiger partial charge in [-0.25, -0.2) is 0 Å². The Bertz CT molecular complexity index is 506. The SMILES string of the molecule is CN1C(=O)C(CCCCCCCO)N(CCC(C)(O)CC2CCCCC2)C1=S. The monoisotopic (exact) mass is 412 g/mol. The molecule has 28 heavy (non-hydrogen) atoms. The number of amides is 1. The molecule has 2 aliphatic rings. The molecule has 1 amide bonds. The quantitative estimate of drug-likeness (QED) is 0.376. The van der Waals surface area contributed by atoms with Crippen LogP contribution < -0.4 is 0 Å². The third kappa shape index (κ3) is 6.96. The Balaban J connectivity index is 1.83. The van der Waals surface area contributed by atoms with E-state index >= 15 is 0 Å². The van der Waals surface area contributed by atoms with Crippen molar-refractivity contribution in [2.24, 2.45) is 5.92 Å². The lowest BCUT2D eigenvalue weighted by molar-refractivity contribution is -0.127. The van der Waals surface area contributed by atoms with Crippen LogP contribution in [0.3, 0.4) is 0 Å². The molecule has 0 radical (unpaired) electrons. The zero-order valence-electron chi connectivity index (χ0n) is 17.9. The van der Waals surface area contributed by atoms with Gasteiger partial charge in [0, 0.05) is 20.2 Å². The number of carbonyl (C=O) groups is 1. The lowest BCUT2D eigenvalue weighted by Gasteiger charge is -2.33. The molecule has 6 heteroatoms. The Kier molecular flexibility index (Phi) is 9.64. The maximum absolute atomic E-state index is 12.6. The van der Waals surface area contributed by atoms with Crippen LogP contribution in [0.15, 0.2) is 0 Å². The second-order valence-electron chi connectivity index (χ2n) is 9.12. The molecule has 1 aliphatic heterocycles. The van der Waals surface area contributed by atoms with Gasteiger partial charge in [0.2, 0.25) is 0 Å². The van der Waals surface area contributed by atoms with E-state index in [9.17, 15) is 9.90 Å². The molecule has 0 spiro atoms. The van der Waals surface area contributed by atoms with Gasteiger partial charge in [0.1, 0.15) is 6.04 Å². The van der Waals surface area contributed by atoms with Gasteiger partial charge >= 0.3 is 0 Å². The van der Waals surface area contributed by atoms with Crippen LogP contribution in [-0.4, -0.2) is 62.9 Å². The molecule has 2 unspecified atom stereocenters. The first-order chi connectivity index (χ1) is 13.4. The molecule has 2 atom stereocenters. The van der Waals surface area contributed by atoms with Crippen molar-refractivity contribution in [2.75, 3.05) is 20.2 Å². The molecule has 1 aliphatic carbocycles. The van der Waals surface area contributed by atoms with Crippen LogP contribution in [0, 0.1) is 5.92 Å². The Morgan fingerprint density at radius 2 is 1.75 bits per heavy atom. The molecule has 1 saturated carbocycles. The van der Waals surface area contributed by atoms with Crippen molar-refractivity contribution in [2.45, 2.75) is 102 Å². The van der Waals surface area contributed by atoms with Crippen molar-refractivity contribution in [3.8, 4) is 0 Å². The van der Waals surface area contributed by atoms with E-state index in [-0.39, 0.29) is 18.6 Å². The molecule has 0 aromatic heterocycles. The predicted octanol–water partition coefficient (Wildman–Crippen LogP) is 3.86. The van der Waals surface area contributed by atoms with E-state index in [2.05, 4.69) is 0 Å². The topological polar surface area (TPSA) is 64.0 Å². The van der Waals surface area contributed by atoms with Crippen LogP contribution in [0.5, 0.6) is 0 Å². The highest BCUT2D eigenvalue weighted by Crippen LogP contribution is 2.32. The van der Waals surface area contributed by atoms with Gasteiger partial charge < -0.3 is 15.1 Å². The van der Waals surface area contributed by atoms with Crippen molar-refractivity contribution in [3.05, 3.63) is 0 Å². The standard InChI is InChI=1S/C22H40N2O3S/c1-22(27,17-18-11-7-6-8-12-18)14-15-24-19(20(26)23(2)21(24)28)13-9-4-3-5-10-16-25/h18-19,25,27H,3-17H2,1-2H3. The summed E-state index contributed by atoms with van der Waals surface area (Å²) in [6.07, 6.45) is 13.8. The number of rotatable bonds is 12.